The largest absolute Gasteiger partial charge is 0.494 e. The first-order chi connectivity index (χ1) is 15.3. The van der Waals surface area contributed by atoms with Gasteiger partial charge in [0.15, 0.2) is 0 Å². The van der Waals surface area contributed by atoms with Gasteiger partial charge in [0.1, 0.15) is 5.75 Å². The highest BCUT2D eigenvalue weighted by atomic mass is 16.5. The van der Waals surface area contributed by atoms with E-state index < -0.39 is 0 Å². The predicted octanol–water partition coefficient (Wildman–Crippen LogP) is 4.57. The minimum absolute atomic E-state index is 0.0492. The maximum absolute atomic E-state index is 10.1. The average molecular weight is 421 g/mol. The molecule has 1 aromatic heterocycles. The van der Waals surface area contributed by atoms with Crippen molar-refractivity contribution >= 4 is 5.95 Å². The number of aromatic nitrogens is 2. The minimum atomic E-state index is 0.0492. The minimum Gasteiger partial charge on any atom is -0.494 e. The van der Waals surface area contributed by atoms with E-state index in [1.807, 2.05) is 36.4 Å². The summed E-state index contributed by atoms with van der Waals surface area (Å²) in [6, 6.07) is 18.5. The number of rotatable bonds is 10. The third kappa shape index (κ3) is 6.49. The van der Waals surface area contributed by atoms with Crippen molar-refractivity contribution in [2.75, 3.05) is 31.6 Å². The molecule has 0 spiro atoms. The number of H-pyrrole nitrogens is 1. The molecular weight excluding hydrogens is 388 g/mol. The Morgan fingerprint density at radius 1 is 1.00 bits per heavy atom. The molecule has 2 aromatic carbocycles. The van der Waals surface area contributed by atoms with Crippen molar-refractivity contribution in [2.24, 2.45) is 0 Å². The van der Waals surface area contributed by atoms with E-state index in [0.29, 0.717) is 25.5 Å². The van der Waals surface area contributed by atoms with Gasteiger partial charge in [0.2, 0.25) is 11.8 Å². The van der Waals surface area contributed by atoms with Crippen molar-refractivity contribution in [2.45, 2.75) is 38.6 Å². The van der Waals surface area contributed by atoms with Gasteiger partial charge in [0.25, 0.3) is 0 Å². The van der Waals surface area contributed by atoms with Crippen LogP contribution < -0.4 is 10.1 Å². The number of hydrogen-bond acceptors (Lipinski definition) is 5. The highest BCUT2D eigenvalue weighted by Gasteiger charge is 2.11. The van der Waals surface area contributed by atoms with Gasteiger partial charge in [-0.15, -0.1) is 0 Å². The molecule has 0 unspecified atom stereocenters. The summed E-state index contributed by atoms with van der Waals surface area (Å²) in [5, 5.41) is 13.3. The zero-order valence-corrected chi connectivity index (χ0v) is 18.0. The van der Waals surface area contributed by atoms with Crippen molar-refractivity contribution in [1.82, 2.24) is 14.9 Å². The number of imidazole rings is 1. The number of hydrogen-bond donors (Lipinski definition) is 3. The zero-order chi connectivity index (χ0) is 21.3. The van der Waals surface area contributed by atoms with E-state index in [2.05, 4.69) is 38.4 Å². The quantitative estimate of drug-likeness (QED) is 0.419. The molecule has 0 radical (unpaired) electrons. The molecule has 0 amide bonds. The van der Waals surface area contributed by atoms with Gasteiger partial charge in [0.05, 0.1) is 12.3 Å². The first-order valence-electron chi connectivity index (χ1n) is 11.3. The average Bonchev–Trinajstić information content (AvgIpc) is 3.14. The van der Waals surface area contributed by atoms with Gasteiger partial charge in [-0.05, 0) is 55.6 Å². The Balaban J connectivity index is 1.18. The second-order valence-electron chi connectivity index (χ2n) is 8.16. The van der Waals surface area contributed by atoms with Gasteiger partial charge in [0, 0.05) is 19.5 Å². The summed E-state index contributed by atoms with van der Waals surface area (Å²) in [6.45, 7) is 4.75. The molecule has 1 aliphatic heterocycles. The van der Waals surface area contributed by atoms with Gasteiger partial charge in [-0.25, -0.2) is 0 Å². The number of likely N-dealkylation sites (tertiary alicyclic amines) is 1. The number of benzene rings is 2. The maximum Gasteiger partial charge on any atom is 0.234 e. The summed E-state index contributed by atoms with van der Waals surface area (Å²) in [5.74, 6) is 1.57. The number of aromatic amines is 1. The molecule has 0 aliphatic carbocycles. The van der Waals surface area contributed by atoms with E-state index in [0.717, 1.165) is 30.0 Å². The monoisotopic (exact) mass is 420 g/mol. The van der Waals surface area contributed by atoms with E-state index in [4.69, 9.17) is 4.74 Å². The Bertz CT molecular complexity index is 936. The van der Waals surface area contributed by atoms with Gasteiger partial charge in [-0.3, -0.25) is 4.90 Å². The summed E-state index contributed by atoms with van der Waals surface area (Å²) in [5.41, 5.74) is 3.16. The molecule has 0 saturated carbocycles. The number of nitrogens with zero attached hydrogens (tertiary/aromatic N) is 2. The molecule has 0 atom stereocenters. The molecule has 31 heavy (non-hydrogen) atoms. The van der Waals surface area contributed by atoms with Crippen LogP contribution in [0.4, 0.5) is 5.95 Å². The van der Waals surface area contributed by atoms with Crippen LogP contribution in [-0.2, 0) is 13.0 Å². The summed E-state index contributed by atoms with van der Waals surface area (Å²) in [7, 11) is 0. The SMILES string of the molecule is Oc1nc(NCCCOc2cccc(CN3CCCCC3)c2)[nH]c1Cc1ccccc1. The molecular formula is C25H32N4O2. The van der Waals surface area contributed by atoms with Crippen LogP contribution >= 0.6 is 0 Å². The van der Waals surface area contributed by atoms with Crippen LogP contribution in [-0.4, -0.2) is 46.2 Å². The molecule has 164 valence electrons. The van der Waals surface area contributed by atoms with Crippen LogP contribution in [0.25, 0.3) is 0 Å². The molecule has 6 heteroatoms. The Hall–Kier alpha value is -2.99. The zero-order valence-electron chi connectivity index (χ0n) is 18.0. The van der Waals surface area contributed by atoms with Crippen LogP contribution in [0.3, 0.4) is 0 Å². The predicted molar refractivity (Wildman–Crippen MR) is 124 cm³/mol. The molecule has 1 saturated heterocycles. The normalized spacial score (nSPS) is 14.5. The lowest BCUT2D eigenvalue weighted by Crippen LogP contribution is -2.29. The van der Waals surface area contributed by atoms with E-state index >= 15 is 0 Å². The molecule has 2 heterocycles. The van der Waals surface area contributed by atoms with Crippen LogP contribution in [0.15, 0.2) is 54.6 Å². The molecule has 3 aromatic rings. The van der Waals surface area contributed by atoms with E-state index in [9.17, 15) is 5.11 Å². The second-order valence-corrected chi connectivity index (χ2v) is 8.16. The summed E-state index contributed by atoms with van der Waals surface area (Å²) >= 11 is 0. The Morgan fingerprint density at radius 3 is 2.65 bits per heavy atom. The van der Waals surface area contributed by atoms with Crippen molar-refractivity contribution in [3.05, 3.63) is 71.4 Å². The van der Waals surface area contributed by atoms with Crippen LogP contribution in [0.1, 0.15) is 42.5 Å². The molecule has 4 rings (SSSR count). The van der Waals surface area contributed by atoms with Crippen molar-refractivity contribution < 1.29 is 9.84 Å². The van der Waals surface area contributed by atoms with Crippen LogP contribution in [0, 0.1) is 0 Å². The molecule has 0 bridgehead atoms. The van der Waals surface area contributed by atoms with Crippen LogP contribution in [0.5, 0.6) is 11.6 Å². The number of anilines is 1. The first-order valence-corrected chi connectivity index (χ1v) is 11.3. The van der Waals surface area contributed by atoms with E-state index in [1.165, 1.54) is 37.9 Å². The third-order valence-corrected chi connectivity index (χ3v) is 5.62. The van der Waals surface area contributed by atoms with Crippen molar-refractivity contribution in [3.8, 4) is 11.6 Å². The fourth-order valence-corrected chi connectivity index (χ4v) is 3.99. The molecule has 3 N–H and O–H groups in total. The van der Waals surface area contributed by atoms with Gasteiger partial charge in [-0.2, -0.15) is 4.98 Å². The smallest absolute Gasteiger partial charge is 0.234 e. The van der Waals surface area contributed by atoms with Gasteiger partial charge in [-0.1, -0.05) is 48.9 Å². The highest BCUT2D eigenvalue weighted by Crippen LogP contribution is 2.20. The lowest BCUT2D eigenvalue weighted by atomic mass is 10.1. The topological polar surface area (TPSA) is 73.4 Å². The fourth-order valence-electron chi connectivity index (χ4n) is 3.99. The van der Waals surface area contributed by atoms with E-state index in [1.54, 1.807) is 0 Å². The fraction of sp³-hybridized carbons (Fsp3) is 0.400. The Morgan fingerprint density at radius 2 is 1.81 bits per heavy atom. The van der Waals surface area contributed by atoms with E-state index in [-0.39, 0.29) is 5.88 Å². The highest BCUT2D eigenvalue weighted by molar-refractivity contribution is 5.37. The lowest BCUT2D eigenvalue weighted by Gasteiger charge is -2.26. The maximum atomic E-state index is 10.1. The molecule has 1 aliphatic rings. The van der Waals surface area contributed by atoms with Crippen LogP contribution in [0.2, 0.25) is 0 Å². The first kappa shape index (κ1) is 21.2. The summed E-state index contributed by atoms with van der Waals surface area (Å²) in [6.07, 6.45) is 5.44. The van der Waals surface area contributed by atoms with Gasteiger partial charge < -0.3 is 20.1 Å². The second kappa shape index (κ2) is 10.9. The number of ether oxygens (including phenoxy) is 1. The Kier molecular flexibility index (Phi) is 7.45. The number of nitrogens with one attached hydrogen (secondary N) is 2. The molecule has 1 fully saturated rings. The van der Waals surface area contributed by atoms with Crippen molar-refractivity contribution in [3.63, 3.8) is 0 Å². The molecule has 6 nitrogen and oxygen atoms in total. The van der Waals surface area contributed by atoms with Crippen molar-refractivity contribution in [1.29, 1.82) is 0 Å². The summed E-state index contributed by atoms with van der Waals surface area (Å²) in [4.78, 5) is 9.87. The van der Waals surface area contributed by atoms with Gasteiger partial charge >= 0.3 is 0 Å². The summed E-state index contributed by atoms with van der Waals surface area (Å²) < 4.78 is 5.94. The Labute approximate surface area is 184 Å². The lowest BCUT2D eigenvalue weighted by molar-refractivity contribution is 0.220. The number of aromatic hydroxyl groups is 1. The third-order valence-electron chi connectivity index (χ3n) is 5.62. The standard InChI is InChI=1S/C25H32N4O2/c30-24-23(18-20-9-3-1-4-10-20)27-25(28-24)26-13-8-16-31-22-12-7-11-21(17-22)19-29-14-5-2-6-15-29/h1,3-4,7,9-12,17,30H,2,5-6,8,13-16,18-19H2,(H2,26,27,28). The number of piperidine rings is 1.